The molecule has 0 spiro atoms. The van der Waals surface area contributed by atoms with Gasteiger partial charge in [-0.05, 0) is 6.92 Å². The van der Waals surface area contributed by atoms with Crippen molar-refractivity contribution in [3.05, 3.63) is 0 Å². The molecule has 0 aliphatic carbocycles. The molecule has 2 amide bonds. The van der Waals surface area contributed by atoms with E-state index in [0.29, 0.717) is 0 Å². The lowest BCUT2D eigenvalue weighted by molar-refractivity contribution is -0.402. The van der Waals surface area contributed by atoms with E-state index >= 15 is 0 Å². The van der Waals surface area contributed by atoms with Crippen LogP contribution in [0, 0.1) is 0 Å². The van der Waals surface area contributed by atoms with Crippen LogP contribution in [0.15, 0.2) is 0 Å². The van der Waals surface area contributed by atoms with Gasteiger partial charge in [-0.25, -0.2) is 0 Å². The van der Waals surface area contributed by atoms with Crippen LogP contribution in [-0.2, 0) is 61.7 Å². The summed E-state index contributed by atoms with van der Waals surface area (Å²) in [5.41, 5.74) is 0. The van der Waals surface area contributed by atoms with E-state index < -0.39 is 223 Å². The van der Waals surface area contributed by atoms with Gasteiger partial charge in [0.25, 0.3) is 0 Å². The van der Waals surface area contributed by atoms with Crippen molar-refractivity contribution in [3.63, 3.8) is 0 Å². The zero-order valence-corrected chi connectivity index (χ0v) is 37.7. The number of carbonyl (C=O) groups is 2. The number of aliphatic hydroxyl groups is 16. The van der Waals surface area contributed by atoms with Gasteiger partial charge in [-0.1, -0.05) is 0 Å². The van der Waals surface area contributed by atoms with Gasteiger partial charge in [-0.2, -0.15) is 0 Å². The van der Waals surface area contributed by atoms with E-state index in [0.717, 1.165) is 13.8 Å². The van der Waals surface area contributed by atoms with E-state index in [9.17, 15) is 91.3 Å². The van der Waals surface area contributed by atoms with Gasteiger partial charge in [0, 0.05) is 13.8 Å². The predicted molar refractivity (Wildman–Crippen MR) is 215 cm³/mol. The van der Waals surface area contributed by atoms with E-state index in [1.807, 2.05) is 0 Å². The van der Waals surface area contributed by atoms with Crippen LogP contribution in [0.5, 0.6) is 0 Å². The summed E-state index contributed by atoms with van der Waals surface area (Å²) < 4.78 is 64.3. The lowest BCUT2D eigenvalue weighted by Gasteiger charge is -2.51. The van der Waals surface area contributed by atoms with Crippen LogP contribution in [0.1, 0.15) is 20.8 Å². The molecular formula is C39H66N2O29. The molecule has 6 aliphatic heterocycles. The minimum atomic E-state index is -2.10. The first-order valence-corrected chi connectivity index (χ1v) is 22.4. The van der Waals surface area contributed by atoms with Crippen molar-refractivity contribution in [1.29, 1.82) is 0 Å². The summed E-state index contributed by atoms with van der Waals surface area (Å²) in [6.07, 6.45) is -50.0. The maximum absolute atomic E-state index is 12.8. The van der Waals surface area contributed by atoms with Crippen LogP contribution < -0.4 is 10.6 Å². The summed E-state index contributed by atoms with van der Waals surface area (Å²) in [6, 6.07) is -3.42. The predicted octanol–water partition coefficient (Wildman–Crippen LogP) is -12.1. The zero-order chi connectivity index (χ0) is 51.6. The first kappa shape index (κ1) is 57.1. The maximum atomic E-state index is 12.8. The van der Waals surface area contributed by atoms with Crippen molar-refractivity contribution in [2.45, 2.75) is 199 Å². The van der Waals surface area contributed by atoms with Crippen LogP contribution in [0.2, 0.25) is 0 Å². The van der Waals surface area contributed by atoms with Crippen LogP contribution in [0.25, 0.3) is 0 Å². The molecule has 6 rings (SSSR count). The monoisotopic (exact) mass is 1030 g/mol. The van der Waals surface area contributed by atoms with Gasteiger partial charge in [0.15, 0.2) is 37.7 Å². The Kier molecular flexibility index (Phi) is 20.0. The van der Waals surface area contributed by atoms with Crippen LogP contribution >= 0.6 is 0 Å². The molecule has 0 aromatic rings. The number of nitrogens with one attached hydrogen (secondary N) is 2. The Hall–Kier alpha value is -2.14. The third kappa shape index (κ3) is 12.2. The van der Waals surface area contributed by atoms with Gasteiger partial charge >= 0.3 is 0 Å². The van der Waals surface area contributed by atoms with Crippen LogP contribution in [-0.4, -0.2) is 305 Å². The van der Waals surface area contributed by atoms with Crippen LogP contribution in [0.4, 0.5) is 0 Å². The fraction of sp³-hybridized carbons (Fsp3) is 0.949. The molecule has 6 aliphatic rings. The Morgan fingerprint density at radius 1 is 0.429 bits per heavy atom. The standard InChI is InChI=1S/C39H66N2O29/c1-9-19(49)24(54)27(57)37(61-9)68-31-18(41-11(3)47)34(59)62-16(7-45)30(31)67-35-17(40-10(2)46)23(53)29(15(6-44)65-35)66-39-33(70-36-26(56)20(50)12(48)8-60-36)32(22(52)14(5-43)64-39)69-38-28(58)25(55)21(51)13(4-42)63-38/h9,12-39,42-45,48-59H,4-8H2,1-3H3,(H,40,46)(H,41,47)/t9-,12+,13+,14+,15+,16+,17+,18+,19+,20-,21+,22+,23+,24+,25-,26+,27-,28-,29+,30+,31+,32-,33-,34+,35-,36-,37-,38+,39+/m0/s1. The summed E-state index contributed by atoms with van der Waals surface area (Å²) >= 11 is 0. The second-order valence-corrected chi connectivity index (χ2v) is 17.8. The van der Waals surface area contributed by atoms with E-state index in [4.69, 9.17) is 52.1 Å². The summed E-state index contributed by atoms with van der Waals surface area (Å²) in [5.74, 6) is -1.61. The molecule has 70 heavy (non-hydrogen) atoms. The van der Waals surface area contributed by atoms with E-state index in [1.54, 1.807) is 0 Å². The summed E-state index contributed by atoms with van der Waals surface area (Å²) in [4.78, 5) is 25.2. The molecule has 0 saturated carbocycles. The van der Waals surface area contributed by atoms with Gasteiger partial charge in [-0.3, -0.25) is 9.59 Å². The fourth-order valence-electron chi connectivity index (χ4n) is 8.95. The minimum absolute atomic E-state index is 0.637. The minimum Gasteiger partial charge on any atom is -0.394 e. The Bertz CT molecular complexity index is 1680. The molecule has 0 aromatic carbocycles. The second kappa shape index (κ2) is 24.5. The second-order valence-electron chi connectivity index (χ2n) is 17.8. The Morgan fingerprint density at radius 3 is 1.49 bits per heavy atom. The SMILES string of the molecule is CC(=O)N[C@@H]1[C@@H](O[C@@H]2O[C@@H](C)[C@@H](O)[C@@H](O)[C@@H]2O)[C@H](O[C@@H]2O[C@H](CO)[C@@H](O[C@H]3O[C@H](CO)[C@@H](O)[C@H](O[C@H]4O[C@H](CO)[C@@H](O)[C@H](O)[C@@H]4O)[C@@H]3O[C@@H]3OC[C@@H](O)[C@H](O)[C@H]3O)[C@H](O)[C@H]2NC(C)=O)[C@@H](CO)O[C@H]1O. The largest absolute Gasteiger partial charge is 0.394 e. The molecule has 6 fully saturated rings. The number of aliphatic hydroxyl groups excluding tert-OH is 16. The Morgan fingerprint density at radius 2 is 0.886 bits per heavy atom. The molecular weight excluding hydrogens is 960 g/mol. The molecule has 31 heteroatoms. The molecule has 406 valence electrons. The molecule has 0 radical (unpaired) electrons. The molecule has 18 N–H and O–H groups in total. The highest BCUT2D eigenvalue weighted by molar-refractivity contribution is 5.73. The first-order valence-electron chi connectivity index (χ1n) is 22.4. The topological polar surface area (TPSA) is 483 Å². The quantitative estimate of drug-likeness (QED) is 0.0682. The molecule has 0 unspecified atom stereocenters. The van der Waals surface area contributed by atoms with Gasteiger partial charge in [0.2, 0.25) is 11.8 Å². The van der Waals surface area contributed by atoms with Crippen LogP contribution in [0.3, 0.4) is 0 Å². The van der Waals surface area contributed by atoms with Gasteiger partial charge < -0.3 is 144 Å². The third-order valence-corrected chi connectivity index (χ3v) is 12.8. The number of carbonyl (C=O) groups excluding carboxylic acids is 2. The van der Waals surface area contributed by atoms with Crippen molar-refractivity contribution < 1.29 is 143 Å². The fourth-order valence-corrected chi connectivity index (χ4v) is 8.95. The van der Waals surface area contributed by atoms with E-state index in [-0.39, 0.29) is 0 Å². The van der Waals surface area contributed by atoms with Gasteiger partial charge in [-0.15, -0.1) is 0 Å². The summed E-state index contributed by atoms with van der Waals surface area (Å²) in [5, 5.41) is 176. The molecule has 31 nitrogen and oxygen atoms in total. The van der Waals surface area contributed by atoms with Gasteiger partial charge in [0.1, 0.15) is 134 Å². The lowest BCUT2D eigenvalue weighted by Crippen LogP contribution is -2.71. The van der Waals surface area contributed by atoms with Crippen molar-refractivity contribution in [2.24, 2.45) is 0 Å². The Labute approximate surface area is 397 Å². The first-order chi connectivity index (χ1) is 33.1. The van der Waals surface area contributed by atoms with E-state index in [1.165, 1.54) is 6.92 Å². The number of hydrogen-bond acceptors (Lipinski definition) is 29. The average molecular weight is 1030 g/mol. The summed E-state index contributed by atoms with van der Waals surface area (Å²) in [7, 11) is 0. The summed E-state index contributed by atoms with van der Waals surface area (Å²) in [6.45, 7) is -1.21. The van der Waals surface area contributed by atoms with Gasteiger partial charge in [0.05, 0.1) is 39.1 Å². The van der Waals surface area contributed by atoms with Crippen molar-refractivity contribution >= 4 is 11.8 Å². The Balaban J connectivity index is 1.34. The number of hydrogen-bond donors (Lipinski definition) is 18. The molecule has 0 aromatic heterocycles. The smallest absolute Gasteiger partial charge is 0.217 e. The highest BCUT2D eigenvalue weighted by atomic mass is 16.8. The van der Waals surface area contributed by atoms with Crippen molar-refractivity contribution in [3.8, 4) is 0 Å². The number of ether oxygens (including phenoxy) is 11. The highest BCUT2D eigenvalue weighted by Crippen LogP contribution is 2.38. The molecule has 6 heterocycles. The number of rotatable bonds is 16. The van der Waals surface area contributed by atoms with Crippen molar-refractivity contribution in [1.82, 2.24) is 10.6 Å². The zero-order valence-electron chi connectivity index (χ0n) is 37.7. The lowest BCUT2D eigenvalue weighted by atomic mass is 9.93. The average Bonchev–Trinajstić information content (AvgIpc) is 3.32. The molecule has 0 bridgehead atoms. The number of amides is 2. The maximum Gasteiger partial charge on any atom is 0.217 e. The molecule has 29 atom stereocenters. The third-order valence-electron chi connectivity index (χ3n) is 12.8. The van der Waals surface area contributed by atoms with E-state index in [2.05, 4.69) is 10.6 Å². The molecule has 6 saturated heterocycles. The van der Waals surface area contributed by atoms with Crippen molar-refractivity contribution in [2.75, 3.05) is 33.0 Å². The highest BCUT2D eigenvalue weighted by Gasteiger charge is 2.58. The normalized spacial score (nSPS) is 50.3.